The van der Waals surface area contributed by atoms with E-state index in [-0.39, 0.29) is 18.4 Å². The lowest BCUT2D eigenvalue weighted by Gasteiger charge is -2.29. The Morgan fingerprint density at radius 1 is 1.19 bits per heavy atom. The zero-order chi connectivity index (χ0) is 19.4. The molecule has 0 unspecified atom stereocenters. The van der Waals surface area contributed by atoms with Crippen LogP contribution in [0.5, 0.6) is 5.75 Å². The lowest BCUT2D eigenvalue weighted by Crippen LogP contribution is -2.38. The van der Waals surface area contributed by atoms with E-state index in [0.717, 1.165) is 29.0 Å². The molecule has 0 aliphatic carbocycles. The number of rotatable bonds is 6. The Balaban J connectivity index is 1.69. The summed E-state index contributed by atoms with van der Waals surface area (Å²) in [6.45, 7) is 7.43. The van der Waals surface area contributed by atoms with Gasteiger partial charge in [0, 0.05) is 12.1 Å². The quantitative estimate of drug-likeness (QED) is 0.848. The van der Waals surface area contributed by atoms with Gasteiger partial charge in [0.25, 0.3) is 11.8 Å². The van der Waals surface area contributed by atoms with E-state index in [1.165, 1.54) is 0 Å². The highest BCUT2D eigenvalue weighted by molar-refractivity contribution is 5.98. The molecule has 3 rings (SSSR count). The van der Waals surface area contributed by atoms with E-state index in [1.54, 1.807) is 4.90 Å². The van der Waals surface area contributed by atoms with Crippen molar-refractivity contribution in [3.05, 3.63) is 59.2 Å². The van der Waals surface area contributed by atoms with Crippen molar-refractivity contribution in [3.8, 4) is 5.75 Å². The molecule has 5 heteroatoms. The van der Waals surface area contributed by atoms with Crippen molar-refractivity contribution in [3.63, 3.8) is 0 Å². The minimum atomic E-state index is -0.0661. The molecule has 1 heterocycles. The van der Waals surface area contributed by atoms with E-state index < -0.39 is 0 Å². The fraction of sp³-hybridized carbons (Fsp3) is 0.364. The maximum Gasteiger partial charge on any atom is 0.265 e. The van der Waals surface area contributed by atoms with Gasteiger partial charge in [-0.3, -0.25) is 9.59 Å². The minimum absolute atomic E-state index is 0.0480. The predicted molar refractivity (Wildman–Crippen MR) is 106 cm³/mol. The molecule has 0 atom stereocenters. The highest BCUT2D eigenvalue weighted by atomic mass is 16.5. The van der Waals surface area contributed by atoms with Crippen LogP contribution in [-0.4, -0.2) is 25.0 Å². The van der Waals surface area contributed by atoms with Crippen molar-refractivity contribution in [1.82, 2.24) is 5.32 Å². The van der Waals surface area contributed by atoms with Crippen molar-refractivity contribution in [2.24, 2.45) is 5.92 Å². The number of nitrogens with one attached hydrogen (secondary N) is 1. The summed E-state index contributed by atoms with van der Waals surface area (Å²) in [4.78, 5) is 26.3. The zero-order valence-corrected chi connectivity index (χ0v) is 16.1. The average Bonchev–Trinajstić information content (AvgIpc) is 2.64. The van der Waals surface area contributed by atoms with E-state index >= 15 is 0 Å². The van der Waals surface area contributed by atoms with Crippen LogP contribution in [0.1, 0.15) is 41.8 Å². The Morgan fingerprint density at radius 2 is 1.93 bits per heavy atom. The molecule has 0 radical (unpaired) electrons. The summed E-state index contributed by atoms with van der Waals surface area (Å²) < 4.78 is 5.52. The van der Waals surface area contributed by atoms with Gasteiger partial charge in [0.1, 0.15) is 5.75 Å². The third-order valence-electron chi connectivity index (χ3n) is 4.62. The fourth-order valence-electron chi connectivity index (χ4n) is 3.01. The highest BCUT2D eigenvalue weighted by Gasteiger charge is 2.25. The van der Waals surface area contributed by atoms with E-state index in [2.05, 4.69) is 19.2 Å². The number of anilines is 1. The zero-order valence-electron chi connectivity index (χ0n) is 16.1. The molecule has 0 aromatic heterocycles. The molecule has 5 nitrogen and oxygen atoms in total. The smallest absolute Gasteiger partial charge is 0.265 e. The molecule has 0 saturated heterocycles. The van der Waals surface area contributed by atoms with Crippen LogP contribution in [0.4, 0.5) is 5.69 Å². The first-order valence-electron chi connectivity index (χ1n) is 9.35. The maximum absolute atomic E-state index is 12.4. The maximum atomic E-state index is 12.4. The summed E-state index contributed by atoms with van der Waals surface area (Å²) in [5.41, 5.74) is 3.47. The van der Waals surface area contributed by atoms with Gasteiger partial charge in [-0.1, -0.05) is 32.0 Å². The van der Waals surface area contributed by atoms with E-state index in [9.17, 15) is 9.59 Å². The number of hydrogen-bond donors (Lipinski definition) is 1. The van der Waals surface area contributed by atoms with Crippen LogP contribution in [0, 0.1) is 12.8 Å². The Kier molecular flexibility index (Phi) is 5.79. The number of fused-ring (bicyclic) bond motifs is 1. The molecule has 0 spiro atoms. The largest absolute Gasteiger partial charge is 0.482 e. The standard InChI is InChI=1S/C22H26N2O3/c1-15(2)10-11-23-22(26)18-7-5-17(6-8-18)13-24-19-12-16(3)4-9-20(19)27-14-21(24)25/h4-9,12,15H,10-11,13-14H2,1-3H3,(H,23,26). The van der Waals surface area contributed by atoms with Gasteiger partial charge in [0.15, 0.2) is 6.61 Å². The number of nitrogens with zero attached hydrogens (tertiary/aromatic N) is 1. The van der Waals surface area contributed by atoms with Gasteiger partial charge >= 0.3 is 0 Å². The molecule has 142 valence electrons. The molecule has 0 fully saturated rings. The van der Waals surface area contributed by atoms with Crippen LogP contribution < -0.4 is 15.0 Å². The predicted octanol–water partition coefficient (Wildman–Crippen LogP) is 3.70. The number of ether oxygens (including phenoxy) is 1. The summed E-state index contributed by atoms with van der Waals surface area (Å²) in [5.74, 6) is 1.15. The van der Waals surface area contributed by atoms with Crippen LogP contribution in [0.25, 0.3) is 0 Å². The first-order valence-corrected chi connectivity index (χ1v) is 9.35. The molecule has 2 amide bonds. The van der Waals surface area contributed by atoms with Gasteiger partial charge in [0.05, 0.1) is 12.2 Å². The van der Waals surface area contributed by atoms with Gasteiger partial charge in [-0.2, -0.15) is 0 Å². The molecule has 1 N–H and O–H groups in total. The second-order valence-corrected chi connectivity index (χ2v) is 7.38. The monoisotopic (exact) mass is 366 g/mol. The highest BCUT2D eigenvalue weighted by Crippen LogP contribution is 2.33. The van der Waals surface area contributed by atoms with Crippen LogP contribution in [0.2, 0.25) is 0 Å². The number of hydrogen-bond acceptors (Lipinski definition) is 3. The van der Waals surface area contributed by atoms with Crippen molar-refractivity contribution in [2.75, 3.05) is 18.1 Å². The number of benzene rings is 2. The lowest BCUT2D eigenvalue weighted by atomic mass is 10.1. The Bertz CT molecular complexity index is 828. The summed E-state index contributed by atoms with van der Waals surface area (Å²) >= 11 is 0. The van der Waals surface area contributed by atoms with Gasteiger partial charge in [0.2, 0.25) is 0 Å². The average molecular weight is 366 g/mol. The second-order valence-electron chi connectivity index (χ2n) is 7.38. The first-order chi connectivity index (χ1) is 12.9. The van der Waals surface area contributed by atoms with Crippen LogP contribution in [-0.2, 0) is 11.3 Å². The Hall–Kier alpha value is -2.82. The SMILES string of the molecule is Cc1ccc2c(c1)N(Cc1ccc(C(=O)NCCC(C)C)cc1)C(=O)CO2. The van der Waals surface area contributed by atoms with Crippen molar-refractivity contribution < 1.29 is 14.3 Å². The second kappa shape index (κ2) is 8.25. The molecule has 1 aliphatic heterocycles. The topological polar surface area (TPSA) is 58.6 Å². The van der Waals surface area contributed by atoms with E-state index in [1.807, 2.05) is 49.4 Å². The van der Waals surface area contributed by atoms with E-state index in [0.29, 0.717) is 24.6 Å². The molecular weight excluding hydrogens is 340 g/mol. The van der Waals surface area contributed by atoms with Crippen LogP contribution >= 0.6 is 0 Å². The van der Waals surface area contributed by atoms with Crippen LogP contribution in [0.3, 0.4) is 0 Å². The van der Waals surface area contributed by atoms with Crippen LogP contribution in [0.15, 0.2) is 42.5 Å². The summed E-state index contributed by atoms with van der Waals surface area (Å²) in [6, 6.07) is 13.2. The molecule has 2 aromatic rings. The minimum Gasteiger partial charge on any atom is -0.482 e. The number of carbonyl (C=O) groups excluding carboxylic acids is 2. The van der Waals surface area contributed by atoms with Gasteiger partial charge in [-0.15, -0.1) is 0 Å². The van der Waals surface area contributed by atoms with Gasteiger partial charge < -0.3 is 15.0 Å². The molecule has 0 saturated carbocycles. The molecular formula is C22H26N2O3. The molecule has 2 aromatic carbocycles. The number of aryl methyl sites for hydroxylation is 1. The Morgan fingerprint density at radius 3 is 2.63 bits per heavy atom. The van der Waals surface area contributed by atoms with Gasteiger partial charge in [-0.05, 0) is 54.7 Å². The Labute approximate surface area is 160 Å². The molecule has 27 heavy (non-hydrogen) atoms. The lowest BCUT2D eigenvalue weighted by molar-refractivity contribution is -0.121. The van der Waals surface area contributed by atoms with Gasteiger partial charge in [-0.25, -0.2) is 0 Å². The molecule has 1 aliphatic rings. The van der Waals surface area contributed by atoms with Crippen molar-refractivity contribution >= 4 is 17.5 Å². The third-order valence-corrected chi connectivity index (χ3v) is 4.62. The first kappa shape index (κ1) is 19.0. The van der Waals surface area contributed by atoms with Crippen molar-refractivity contribution in [2.45, 2.75) is 33.7 Å². The van der Waals surface area contributed by atoms with E-state index in [4.69, 9.17) is 4.74 Å². The normalized spacial score (nSPS) is 13.3. The van der Waals surface area contributed by atoms with Crippen molar-refractivity contribution in [1.29, 1.82) is 0 Å². The fourth-order valence-corrected chi connectivity index (χ4v) is 3.01. The third kappa shape index (κ3) is 4.67. The summed E-state index contributed by atoms with van der Waals surface area (Å²) in [5, 5.41) is 2.94. The number of amides is 2. The summed E-state index contributed by atoms with van der Waals surface area (Å²) in [7, 11) is 0. The summed E-state index contributed by atoms with van der Waals surface area (Å²) in [6.07, 6.45) is 0.960. The number of carbonyl (C=O) groups is 2. The molecule has 0 bridgehead atoms.